The second-order valence-corrected chi connectivity index (χ2v) is 4.71. The summed E-state index contributed by atoms with van der Waals surface area (Å²) in [4.78, 5) is 13.8. The Morgan fingerprint density at radius 1 is 1.26 bits per heavy atom. The number of likely N-dealkylation sites (tertiary alicyclic amines) is 1. The quantitative estimate of drug-likeness (QED) is 0.819. The van der Waals surface area contributed by atoms with Gasteiger partial charge in [0.15, 0.2) is 5.69 Å². The lowest BCUT2D eigenvalue weighted by Crippen LogP contribution is -2.33. The van der Waals surface area contributed by atoms with Crippen LogP contribution in [0, 0.1) is 0 Å². The third kappa shape index (κ3) is 4.17. The monoisotopic (exact) mass is 263 g/mol. The number of anilines is 1. The van der Waals surface area contributed by atoms with Crippen molar-refractivity contribution < 1.29 is 4.79 Å². The first-order valence-electron chi connectivity index (χ1n) is 6.81. The molecule has 1 aliphatic heterocycles. The van der Waals surface area contributed by atoms with Crippen LogP contribution in [0.3, 0.4) is 0 Å². The standard InChI is InChI=1S/C13H21N5O/c1-14-13(19)11-5-6-12(17-16-11)15-7-10-18-8-3-2-4-9-18/h5-6H,2-4,7-10H2,1H3,(H,14,19)(H,15,17). The molecule has 1 amide bonds. The highest BCUT2D eigenvalue weighted by atomic mass is 16.1. The summed E-state index contributed by atoms with van der Waals surface area (Å²) in [5.41, 5.74) is 0.337. The highest BCUT2D eigenvalue weighted by molar-refractivity contribution is 5.91. The lowest BCUT2D eigenvalue weighted by Gasteiger charge is -2.26. The number of piperidine rings is 1. The maximum Gasteiger partial charge on any atom is 0.271 e. The van der Waals surface area contributed by atoms with E-state index < -0.39 is 0 Å². The van der Waals surface area contributed by atoms with Crippen molar-refractivity contribution in [1.82, 2.24) is 20.4 Å². The topological polar surface area (TPSA) is 70.2 Å². The molecule has 2 rings (SSSR count). The third-order valence-corrected chi connectivity index (χ3v) is 3.31. The van der Waals surface area contributed by atoms with Crippen LogP contribution in [0.25, 0.3) is 0 Å². The van der Waals surface area contributed by atoms with Crippen LogP contribution >= 0.6 is 0 Å². The van der Waals surface area contributed by atoms with Crippen molar-refractivity contribution in [1.29, 1.82) is 0 Å². The molecule has 0 atom stereocenters. The zero-order valence-electron chi connectivity index (χ0n) is 11.4. The van der Waals surface area contributed by atoms with Crippen molar-refractivity contribution in [3.05, 3.63) is 17.8 Å². The van der Waals surface area contributed by atoms with Crippen molar-refractivity contribution in [2.75, 3.05) is 38.5 Å². The van der Waals surface area contributed by atoms with E-state index in [1.54, 1.807) is 19.2 Å². The molecule has 1 saturated heterocycles. The fourth-order valence-electron chi connectivity index (χ4n) is 2.20. The number of rotatable bonds is 5. The Kier molecular flexibility index (Phi) is 5.09. The van der Waals surface area contributed by atoms with Gasteiger partial charge in [-0.15, -0.1) is 10.2 Å². The fraction of sp³-hybridized carbons (Fsp3) is 0.615. The number of nitrogens with zero attached hydrogens (tertiary/aromatic N) is 3. The summed E-state index contributed by atoms with van der Waals surface area (Å²) in [7, 11) is 1.58. The van der Waals surface area contributed by atoms with Crippen molar-refractivity contribution in [2.45, 2.75) is 19.3 Å². The molecule has 6 heteroatoms. The minimum absolute atomic E-state index is 0.215. The summed E-state index contributed by atoms with van der Waals surface area (Å²) < 4.78 is 0. The van der Waals surface area contributed by atoms with Gasteiger partial charge in [-0.05, 0) is 38.1 Å². The molecule has 2 N–H and O–H groups in total. The van der Waals surface area contributed by atoms with Crippen LogP contribution in [-0.2, 0) is 0 Å². The highest BCUT2D eigenvalue weighted by Gasteiger charge is 2.09. The number of carbonyl (C=O) groups is 1. The van der Waals surface area contributed by atoms with E-state index in [9.17, 15) is 4.79 Å². The SMILES string of the molecule is CNC(=O)c1ccc(NCCN2CCCCC2)nn1. The van der Waals surface area contributed by atoms with Crippen LogP contribution in [0.1, 0.15) is 29.8 Å². The average Bonchev–Trinajstić information content (AvgIpc) is 2.48. The van der Waals surface area contributed by atoms with Gasteiger partial charge in [-0.25, -0.2) is 0 Å². The number of aromatic nitrogens is 2. The minimum atomic E-state index is -0.215. The molecule has 1 aromatic rings. The van der Waals surface area contributed by atoms with Crippen molar-refractivity contribution in [2.24, 2.45) is 0 Å². The molecule has 1 fully saturated rings. The Hall–Kier alpha value is -1.69. The number of hydrogen-bond acceptors (Lipinski definition) is 5. The van der Waals surface area contributed by atoms with Gasteiger partial charge in [-0.1, -0.05) is 6.42 Å². The van der Waals surface area contributed by atoms with Gasteiger partial charge < -0.3 is 15.5 Å². The number of nitrogens with one attached hydrogen (secondary N) is 2. The molecule has 0 aliphatic carbocycles. The van der Waals surface area contributed by atoms with E-state index in [2.05, 4.69) is 25.7 Å². The van der Waals surface area contributed by atoms with Gasteiger partial charge in [0.05, 0.1) is 0 Å². The van der Waals surface area contributed by atoms with Gasteiger partial charge >= 0.3 is 0 Å². The normalized spacial score (nSPS) is 16.1. The Morgan fingerprint density at radius 3 is 2.68 bits per heavy atom. The Balaban J connectivity index is 1.75. The maximum atomic E-state index is 11.3. The van der Waals surface area contributed by atoms with E-state index in [-0.39, 0.29) is 5.91 Å². The Bertz CT molecular complexity index is 400. The fourth-order valence-corrected chi connectivity index (χ4v) is 2.20. The second kappa shape index (κ2) is 7.04. The summed E-state index contributed by atoms with van der Waals surface area (Å²) in [5.74, 6) is 0.497. The molecule has 0 aromatic carbocycles. The number of hydrogen-bond donors (Lipinski definition) is 2. The van der Waals surface area contributed by atoms with Gasteiger partial charge in [0.2, 0.25) is 0 Å². The largest absolute Gasteiger partial charge is 0.367 e. The van der Waals surface area contributed by atoms with Gasteiger partial charge in [0, 0.05) is 20.1 Å². The molecule has 19 heavy (non-hydrogen) atoms. The predicted molar refractivity (Wildman–Crippen MR) is 74.2 cm³/mol. The molecular weight excluding hydrogens is 242 g/mol. The smallest absolute Gasteiger partial charge is 0.271 e. The van der Waals surface area contributed by atoms with Crippen molar-refractivity contribution >= 4 is 11.7 Å². The molecule has 1 aliphatic rings. The maximum absolute atomic E-state index is 11.3. The summed E-state index contributed by atoms with van der Waals surface area (Å²) in [5, 5.41) is 13.6. The Labute approximate surface area is 113 Å². The van der Waals surface area contributed by atoms with Crippen LogP contribution in [0.15, 0.2) is 12.1 Å². The van der Waals surface area contributed by atoms with Crippen LogP contribution in [0.2, 0.25) is 0 Å². The van der Waals surface area contributed by atoms with Gasteiger partial charge in [-0.2, -0.15) is 0 Å². The molecule has 2 heterocycles. The van der Waals surface area contributed by atoms with Gasteiger partial charge in [-0.3, -0.25) is 4.79 Å². The molecule has 0 saturated carbocycles. The van der Waals surface area contributed by atoms with E-state index >= 15 is 0 Å². The summed E-state index contributed by atoms with van der Waals surface area (Å²) in [6, 6.07) is 3.46. The lowest BCUT2D eigenvalue weighted by molar-refractivity contribution is 0.0957. The third-order valence-electron chi connectivity index (χ3n) is 3.31. The average molecular weight is 263 g/mol. The van der Waals surface area contributed by atoms with Crippen LogP contribution < -0.4 is 10.6 Å². The molecule has 0 unspecified atom stereocenters. The minimum Gasteiger partial charge on any atom is -0.367 e. The van der Waals surface area contributed by atoms with Gasteiger partial charge in [0.1, 0.15) is 5.82 Å². The molecule has 6 nitrogen and oxygen atoms in total. The van der Waals surface area contributed by atoms with Crippen molar-refractivity contribution in [3.63, 3.8) is 0 Å². The van der Waals surface area contributed by atoms with Gasteiger partial charge in [0.25, 0.3) is 5.91 Å². The molecule has 1 aromatic heterocycles. The van der Waals surface area contributed by atoms with Crippen LogP contribution in [0.5, 0.6) is 0 Å². The first kappa shape index (κ1) is 13.7. The highest BCUT2D eigenvalue weighted by Crippen LogP contribution is 2.08. The van der Waals surface area contributed by atoms with E-state index in [1.165, 1.54) is 32.4 Å². The van der Waals surface area contributed by atoms with Crippen LogP contribution in [0.4, 0.5) is 5.82 Å². The molecule has 104 valence electrons. The second-order valence-electron chi connectivity index (χ2n) is 4.71. The van der Waals surface area contributed by atoms with E-state index in [1.807, 2.05) is 0 Å². The predicted octanol–water partition coefficient (Wildman–Crippen LogP) is 0.734. The number of amides is 1. The Morgan fingerprint density at radius 2 is 2.05 bits per heavy atom. The molecule has 0 spiro atoms. The zero-order valence-corrected chi connectivity index (χ0v) is 11.4. The first-order valence-corrected chi connectivity index (χ1v) is 6.81. The van der Waals surface area contributed by atoms with Crippen molar-refractivity contribution in [3.8, 4) is 0 Å². The summed E-state index contributed by atoms with van der Waals surface area (Å²) >= 11 is 0. The molecule has 0 bridgehead atoms. The lowest BCUT2D eigenvalue weighted by atomic mass is 10.1. The van der Waals surface area contributed by atoms with E-state index in [0.29, 0.717) is 11.5 Å². The number of carbonyl (C=O) groups excluding carboxylic acids is 1. The van der Waals surface area contributed by atoms with E-state index in [0.717, 1.165) is 13.1 Å². The molecule has 0 radical (unpaired) electrons. The first-order chi connectivity index (χ1) is 9.29. The molecular formula is C13H21N5O. The van der Waals surface area contributed by atoms with E-state index in [4.69, 9.17) is 0 Å². The van der Waals surface area contributed by atoms with Crippen LogP contribution in [-0.4, -0.2) is 54.2 Å². The zero-order chi connectivity index (χ0) is 13.5. The summed E-state index contributed by atoms with van der Waals surface area (Å²) in [6.45, 7) is 4.28. The summed E-state index contributed by atoms with van der Waals surface area (Å²) in [6.07, 6.45) is 3.97.